The van der Waals surface area contributed by atoms with Crippen LogP contribution in [0.2, 0.25) is 0 Å². The van der Waals surface area contributed by atoms with Crippen LogP contribution in [-0.4, -0.2) is 36.3 Å². The van der Waals surface area contributed by atoms with Crippen LogP contribution in [-0.2, 0) is 9.59 Å². The molecular weight excluding hydrogens is 253 g/mol. The number of carboxylic acid groups (broad SMARTS) is 1. The Balaban J connectivity index is 0. The van der Waals surface area contributed by atoms with Crippen molar-refractivity contribution >= 4 is 17.8 Å². The molecule has 7 heteroatoms. The van der Waals surface area contributed by atoms with Gasteiger partial charge in [-0.05, 0) is 6.42 Å². The second kappa shape index (κ2) is 13.0. The van der Waals surface area contributed by atoms with Crippen molar-refractivity contribution in [3.05, 3.63) is 0 Å². The Labute approximate surface area is 137 Å². The quantitative estimate of drug-likeness (QED) is 0.211. The maximum atomic E-state index is 11.6. The van der Waals surface area contributed by atoms with E-state index in [2.05, 4.69) is 12.2 Å². The maximum Gasteiger partial charge on any atom is 1.00 e. The predicted octanol–water partition coefficient (Wildman–Crippen LogP) is -2.53. The predicted molar refractivity (Wildman–Crippen MR) is 71.5 cm³/mol. The number of hydrogen-bond donors (Lipinski definition) is 2. The van der Waals surface area contributed by atoms with Gasteiger partial charge in [-0.25, -0.2) is 0 Å². The molecular formula is C13H24LiN3O3. The normalized spacial score (nSPS) is 12.3. The minimum Gasteiger partial charge on any atom is -0.548 e. The molecule has 0 heterocycles. The van der Waals surface area contributed by atoms with E-state index in [1.165, 1.54) is 0 Å². The van der Waals surface area contributed by atoms with Crippen LogP contribution < -0.4 is 29.3 Å². The number of nitrogens with zero attached hydrogens (tertiary/aromatic N) is 1. The van der Waals surface area contributed by atoms with E-state index in [0.717, 1.165) is 32.1 Å². The Morgan fingerprint density at radius 2 is 1.85 bits per heavy atom. The molecule has 2 N–H and O–H groups in total. The molecule has 0 aliphatic carbocycles. The van der Waals surface area contributed by atoms with Gasteiger partial charge in [-0.2, -0.15) is 0 Å². The van der Waals surface area contributed by atoms with Crippen molar-refractivity contribution in [3.8, 4) is 0 Å². The molecule has 6 nitrogen and oxygen atoms in total. The summed E-state index contributed by atoms with van der Waals surface area (Å²) in [6, 6.07) is 0. The van der Waals surface area contributed by atoms with Gasteiger partial charge < -0.3 is 14.8 Å². The summed E-state index contributed by atoms with van der Waals surface area (Å²) in [5, 5.41) is 20.2. The average molecular weight is 280 g/mol. The summed E-state index contributed by atoms with van der Waals surface area (Å²) in [5.74, 6) is -2.88. The fourth-order valence-corrected chi connectivity index (χ4v) is 1.54. The second-order valence-electron chi connectivity index (χ2n) is 4.37. The minimum absolute atomic E-state index is 0. The zero-order chi connectivity index (χ0) is 17.2. The molecule has 0 aromatic carbocycles. The Hall–Kier alpha value is -0.993. The Morgan fingerprint density at radius 1 is 1.25 bits per heavy atom. The summed E-state index contributed by atoms with van der Waals surface area (Å²) in [5.41, 5.74) is 0. The molecule has 0 unspecified atom stereocenters. The molecule has 0 aliphatic rings. The van der Waals surface area contributed by atoms with Crippen LogP contribution >= 0.6 is 0 Å². The molecule has 20 heavy (non-hydrogen) atoms. The van der Waals surface area contributed by atoms with E-state index in [1.54, 1.807) is 0 Å². The number of carbonyl (C=O) groups excluding carboxylic acids is 2. The molecule has 0 radical (unpaired) electrons. The van der Waals surface area contributed by atoms with E-state index >= 15 is 0 Å². The molecule has 0 aliphatic heterocycles. The first-order chi connectivity index (χ1) is 10.2. The van der Waals surface area contributed by atoms with Gasteiger partial charge in [0, 0.05) is 17.5 Å². The summed E-state index contributed by atoms with van der Waals surface area (Å²) in [6.45, 7) is -1.69. The zero-order valence-corrected chi connectivity index (χ0v) is 12.3. The van der Waals surface area contributed by atoms with Crippen LogP contribution in [0.5, 0.6) is 0 Å². The van der Waals surface area contributed by atoms with Gasteiger partial charge in [0.25, 0.3) is 0 Å². The van der Waals surface area contributed by atoms with Crippen molar-refractivity contribution in [2.24, 2.45) is 0 Å². The van der Waals surface area contributed by atoms with Gasteiger partial charge in [0.1, 0.15) is 0 Å². The van der Waals surface area contributed by atoms with Gasteiger partial charge in [0.2, 0.25) is 5.91 Å². The molecule has 0 bridgehead atoms. The number of carbonyl (C=O) groups is 2. The SMILES string of the molecule is [2H]C([2H])([2H])N(CC(=O)[O-])C(=N)NC(=O)CCCCCCCC.[Li+]. The molecule has 0 rings (SSSR count). The van der Waals surface area contributed by atoms with Gasteiger partial charge in [0.15, 0.2) is 5.96 Å². The standard InChI is InChI=1S/C13H25N3O3.Li/c1-3-4-5-6-7-8-9-11(17)15-13(14)16(2)10-12(18)19;/h3-10H2,1-2H3,(H,18,19)(H2,14,15,17);/q;+1/p-1/i2D3;. The molecule has 0 saturated heterocycles. The van der Waals surface area contributed by atoms with Gasteiger partial charge in [0.05, 0.1) is 12.5 Å². The van der Waals surface area contributed by atoms with Crippen molar-refractivity contribution < 1.29 is 37.7 Å². The van der Waals surface area contributed by atoms with Gasteiger partial charge >= 0.3 is 18.9 Å². The largest absolute Gasteiger partial charge is 1.00 e. The fourth-order valence-electron chi connectivity index (χ4n) is 1.54. The molecule has 0 saturated carbocycles. The van der Waals surface area contributed by atoms with E-state index < -0.39 is 31.4 Å². The van der Waals surface area contributed by atoms with Crippen LogP contribution in [0, 0.1) is 5.41 Å². The van der Waals surface area contributed by atoms with Crippen LogP contribution in [0.15, 0.2) is 0 Å². The van der Waals surface area contributed by atoms with E-state index in [4.69, 9.17) is 9.52 Å². The van der Waals surface area contributed by atoms with Crippen LogP contribution in [0.1, 0.15) is 56.0 Å². The Kier molecular flexibility index (Phi) is 10.0. The number of likely N-dealkylation sites (N-methyl/N-ethyl adjacent to an activating group) is 1. The zero-order valence-electron chi connectivity index (χ0n) is 15.3. The van der Waals surface area contributed by atoms with Crippen molar-refractivity contribution in [1.82, 2.24) is 10.2 Å². The van der Waals surface area contributed by atoms with Crippen molar-refractivity contribution in [2.45, 2.75) is 51.9 Å². The minimum atomic E-state index is -2.83. The number of amides is 1. The number of unbranched alkanes of at least 4 members (excludes halogenated alkanes) is 5. The third kappa shape index (κ3) is 12.1. The smallest absolute Gasteiger partial charge is 0.548 e. The summed E-state index contributed by atoms with van der Waals surface area (Å²) in [7, 11) is 0. The number of rotatable bonds is 9. The van der Waals surface area contributed by atoms with Gasteiger partial charge in [-0.3, -0.25) is 15.5 Å². The number of aliphatic carboxylic acids is 1. The van der Waals surface area contributed by atoms with Crippen LogP contribution in [0.3, 0.4) is 0 Å². The molecule has 0 fully saturated rings. The van der Waals surface area contributed by atoms with E-state index in [9.17, 15) is 14.7 Å². The van der Waals surface area contributed by atoms with Gasteiger partial charge in [-0.15, -0.1) is 0 Å². The Morgan fingerprint density at radius 3 is 2.40 bits per heavy atom. The number of guanidine groups is 1. The average Bonchev–Trinajstić information content (AvgIpc) is 2.38. The molecule has 0 aromatic heterocycles. The van der Waals surface area contributed by atoms with Gasteiger partial charge in [-0.1, -0.05) is 39.0 Å². The summed E-state index contributed by atoms with van der Waals surface area (Å²) < 4.78 is 21.5. The fraction of sp³-hybridized carbons (Fsp3) is 0.769. The Bertz CT molecular complexity index is 392. The third-order valence-electron chi connectivity index (χ3n) is 2.57. The first-order valence-corrected chi connectivity index (χ1v) is 6.54. The molecule has 1 amide bonds. The summed E-state index contributed by atoms with van der Waals surface area (Å²) >= 11 is 0. The van der Waals surface area contributed by atoms with Crippen molar-refractivity contribution in [1.29, 1.82) is 5.41 Å². The molecule has 110 valence electrons. The molecule has 0 atom stereocenters. The van der Waals surface area contributed by atoms with Crippen molar-refractivity contribution in [2.75, 3.05) is 13.5 Å². The van der Waals surface area contributed by atoms with Crippen LogP contribution in [0.4, 0.5) is 0 Å². The number of hydrogen-bond acceptors (Lipinski definition) is 4. The van der Waals surface area contributed by atoms with Crippen LogP contribution in [0.25, 0.3) is 0 Å². The van der Waals surface area contributed by atoms with Crippen molar-refractivity contribution in [3.63, 3.8) is 0 Å². The monoisotopic (exact) mass is 280 g/mol. The molecule has 0 aromatic rings. The summed E-state index contributed by atoms with van der Waals surface area (Å²) in [4.78, 5) is 22.5. The second-order valence-corrected chi connectivity index (χ2v) is 4.37. The topological polar surface area (TPSA) is 96.3 Å². The third-order valence-corrected chi connectivity index (χ3v) is 2.57. The number of carboxylic acids is 1. The summed E-state index contributed by atoms with van der Waals surface area (Å²) in [6.07, 6.45) is 6.17. The first kappa shape index (κ1) is 15.4. The van der Waals surface area contributed by atoms with E-state index in [1.807, 2.05) is 0 Å². The van der Waals surface area contributed by atoms with E-state index in [0.29, 0.717) is 11.3 Å². The number of nitrogens with one attached hydrogen (secondary N) is 2. The first-order valence-electron chi connectivity index (χ1n) is 8.04. The van der Waals surface area contributed by atoms with E-state index in [-0.39, 0.29) is 25.3 Å². The molecule has 0 spiro atoms. The maximum absolute atomic E-state index is 11.6.